The smallest absolute Gasteiger partial charge is 0.247 e. The van der Waals surface area contributed by atoms with Gasteiger partial charge in [-0.25, -0.2) is 12.8 Å². The van der Waals surface area contributed by atoms with Gasteiger partial charge in [0.25, 0.3) is 0 Å². The number of hydrogen-bond donors (Lipinski definition) is 1. The summed E-state index contributed by atoms with van der Waals surface area (Å²) >= 11 is 0. The number of ether oxygens (including phenoxy) is 1. The molecular weight excluding hydrogens is 481 g/mol. The van der Waals surface area contributed by atoms with Gasteiger partial charge in [-0.05, 0) is 64.0 Å². The molecule has 7 nitrogen and oxygen atoms in total. The van der Waals surface area contributed by atoms with Gasteiger partial charge in [0, 0.05) is 37.2 Å². The zero-order valence-corrected chi connectivity index (χ0v) is 22.4. The lowest BCUT2D eigenvalue weighted by atomic mass is 10.0. The minimum atomic E-state index is -3.90. The van der Waals surface area contributed by atoms with E-state index in [1.165, 1.54) is 22.5 Å². The molecule has 0 aromatic heterocycles. The van der Waals surface area contributed by atoms with Crippen LogP contribution in [0.4, 0.5) is 4.39 Å². The summed E-state index contributed by atoms with van der Waals surface area (Å²) in [6.45, 7) is 5.26. The second-order valence-electron chi connectivity index (χ2n) is 9.76. The van der Waals surface area contributed by atoms with E-state index in [-0.39, 0.29) is 41.6 Å². The van der Waals surface area contributed by atoms with Crippen molar-refractivity contribution < 1.29 is 22.7 Å². The first-order valence-electron chi connectivity index (χ1n) is 12.0. The highest BCUT2D eigenvalue weighted by molar-refractivity contribution is 7.89. The molecule has 1 heterocycles. The molecule has 0 saturated carbocycles. The molecule has 0 fully saturated rings. The molecular formula is C27H36FN3O4S. The number of fused-ring (bicyclic) bond motifs is 1. The van der Waals surface area contributed by atoms with E-state index in [1.54, 1.807) is 31.2 Å². The average Bonchev–Trinajstić information content (AvgIpc) is 2.82. The van der Waals surface area contributed by atoms with Gasteiger partial charge in [0.2, 0.25) is 10.0 Å². The molecule has 9 heteroatoms. The van der Waals surface area contributed by atoms with Crippen LogP contribution in [0.1, 0.15) is 25.0 Å². The highest BCUT2D eigenvalue weighted by Gasteiger charge is 2.38. The second-order valence-corrected chi connectivity index (χ2v) is 11.6. The van der Waals surface area contributed by atoms with Crippen LogP contribution in [0.15, 0.2) is 47.4 Å². The molecule has 3 rings (SSSR count). The number of hydrogen-bond acceptors (Lipinski definition) is 6. The second kappa shape index (κ2) is 12.2. The van der Waals surface area contributed by atoms with Gasteiger partial charge in [0.1, 0.15) is 22.6 Å². The van der Waals surface area contributed by atoms with E-state index in [1.807, 2.05) is 33.0 Å². The van der Waals surface area contributed by atoms with E-state index < -0.39 is 16.1 Å². The minimum Gasteiger partial charge on any atom is -0.487 e. The monoisotopic (exact) mass is 517 g/mol. The Bertz CT molecular complexity index is 1190. The molecule has 0 amide bonds. The number of rotatable bonds is 7. The Labute approximate surface area is 214 Å². The van der Waals surface area contributed by atoms with Gasteiger partial charge < -0.3 is 9.84 Å². The van der Waals surface area contributed by atoms with Crippen LogP contribution in [0.2, 0.25) is 0 Å². The summed E-state index contributed by atoms with van der Waals surface area (Å²) in [6.07, 6.45) is -0.330. The van der Waals surface area contributed by atoms with Crippen LogP contribution >= 0.6 is 0 Å². The molecule has 1 aliphatic rings. The third-order valence-electron chi connectivity index (χ3n) is 6.15. The fraction of sp³-hybridized carbons (Fsp3) is 0.481. The number of aliphatic hydroxyl groups is 1. The zero-order valence-electron chi connectivity index (χ0n) is 21.6. The molecule has 196 valence electrons. The number of sulfonamides is 1. The maximum absolute atomic E-state index is 13.6. The van der Waals surface area contributed by atoms with E-state index in [4.69, 9.17) is 4.74 Å². The normalized spacial score (nSPS) is 20.6. The lowest BCUT2D eigenvalue weighted by Crippen LogP contribution is -2.49. The summed E-state index contributed by atoms with van der Waals surface area (Å²) in [5.74, 6) is 5.96. The highest BCUT2D eigenvalue weighted by Crippen LogP contribution is 2.34. The van der Waals surface area contributed by atoms with Crippen molar-refractivity contribution in [1.82, 2.24) is 14.1 Å². The third kappa shape index (κ3) is 7.05. The third-order valence-corrected chi connectivity index (χ3v) is 8.17. The Morgan fingerprint density at radius 1 is 1.19 bits per heavy atom. The summed E-state index contributed by atoms with van der Waals surface area (Å²) in [7, 11) is 1.91. The summed E-state index contributed by atoms with van der Waals surface area (Å²) < 4.78 is 48.2. The highest BCUT2D eigenvalue weighted by atomic mass is 32.2. The zero-order chi connectivity index (χ0) is 26.5. The molecule has 0 unspecified atom stereocenters. The predicted octanol–water partition coefficient (Wildman–Crippen LogP) is 2.64. The first kappa shape index (κ1) is 28.1. The molecule has 0 spiro atoms. The Kier molecular flexibility index (Phi) is 9.50. The van der Waals surface area contributed by atoms with Gasteiger partial charge in [-0.1, -0.05) is 30.9 Å². The Hall–Kier alpha value is -2.48. The molecule has 0 bridgehead atoms. The first-order chi connectivity index (χ1) is 17.0. The van der Waals surface area contributed by atoms with Gasteiger partial charge in [-0.2, -0.15) is 4.31 Å². The van der Waals surface area contributed by atoms with Crippen molar-refractivity contribution in [2.24, 2.45) is 5.92 Å². The first-order valence-corrected chi connectivity index (χ1v) is 13.4. The van der Waals surface area contributed by atoms with Crippen molar-refractivity contribution in [3.05, 3.63) is 59.4 Å². The number of halogens is 1. The maximum Gasteiger partial charge on any atom is 0.247 e. The van der Waals surface area contributed by atoms with Gasteiger partial charge in [-0.3, -0.25) is 9.80 Å². The standard InChI is InChI=1S/C27H36FN3O4S/c1-20-16-31(21(2)19-32)36(33,34)27-13-10-22(7-6-14-29(3)4)15-25(27)35-26(20)18-30(5)17-23-8-11-24(28)12-9-23/h8-13,15,20-21,26,32H,14,16-19H2,1-5H3/t20-,21-,26+/m0/s1. The topological polar surface area (TPSA) is 73.3 Å². The van der Waals surface area contributed by atoms with E-state index in [0.717, 1.165) is 5.56 Å². The van der Waals surface area contributed by atoms with Gasteiger partial charge in [0.05, 0.1) is 13.2 Å². The van der Waals surface area contributed by atoms with Crippen molar-refractivity contribution >= 4 is 10.0 Å². The van der Waals surface area contributed by atoms with Crippen LogP contribution in [0.3, 0.4) is 0 Å². The Morgan fingerprint density at radius 3 is 2.53 bits per heavy atom. The lowest BCUT2D eigenvalue weighted by molar-refractivity contribution is 0.0733. The number of benzene rings is 2. The van der Waals surface area contributed by atoms with E-state index in [0.29, 0.717) is 25.2 Å². The van der Waals surface area contributed by atoms with Crippen molar-refractivity contribution in [2.45, 2.75) is 37.4 Å². The number of aliphatic hydroxyl groups excluding tert-OH is 1. The van der Waals surface area contributed by atoms with E-state index in [9.17, 15) is 17.9 Å². The molecule has 0 aliphatic carbocycles. The molecule has 2 aromatic carbocycles. The molecule has 3 atom stereocenters. The maximum atomic E-state index is 13.6. The van der Waals surface area contributed by atoms with Crippen LogP contribution in [0, 0.1) is 23.6 Å². The van der Waals surface area contributed by atoms with Gasteiger partial charge >= 0.3 is 0 Å². The molecule has 0 saturated heterocycles. The molecule has 0 radical (unpaired) electrons. The molecule has 2 aromatic rings. The fourth-order valence-electron chi connectivity index (χ4n) is 4.09. The lowest BCUT2D eigenvalue weighted by Gasteiger charge is -2.37. The predicted molar refractivity (Wildman–Crippen MR) is 139 cm³/mol. The Balaban J connectivity index is 1.95. The molecule has 1 N–H and O–H groups in total. The summed E-state index contributed by atoms with van der Waals surface area (Å²) in [4.78, 5) is 4.09. The van der Waals surface area contributed by atoms with Crippen molar-refractivity contribution in [2.75, 3.05) is 47.4 Å². The van der Waals surface area contributed by atoms with Crippen molar-refractivity contribution in [1.29, 1.82) is 0 Å². The van der Waals surface area contributed by atoms with Crippen LogP contribution in [0.5, 0.6) is 5.75 Å². The van der Waals surface area contributed by atoms with Crippen LogP contribution in [-0.4, -0.2) is 87.2 Å². The van der Waals surface area contributed by atoms with Gasteiger partial charge in [-0.15, -0.1) is 0 Å². The van der Waals surface area contributed by atoms with Crippen LogP contribution in [-0.2, 0) is 16.6 Å². The summed E-state index contributed by atoms with van der Waals surface area (Å²) in [5.41, 5.74) is 1.63. The SMILES string of the molecule is C[C@H]1CN([C@@H](C)CO)S(=O)(=O)c2ccc(C#CCN(C)C)cc2O[C@@H]1CN(C)Cc1ccc(F)cc1. The van der Waals surface area contributed by atoms with E-state index in [2.05, 4.69) is 16.7 Å². The molecule has 1 aliphatic heterocycles. The Morgan fingerprint density at radius 2 is 1.89 bits per heavy atom. The fourth-order valence-corrected chi connectivity index (χ4v) is 5.92. The van der Waals surface area contributed by atoms with Crippen LogP contribution < -0.4 is 4.74 Å². The van der Waals surface area contributed by atoms with E-state index >= 15 is 0 Å². The quantitative estimate of drug-likeness (QED) is 0.570. The van der Waals surface area contributed by atoms with Crippen LogP contribution in [0.25, 0.3) is 0 Å². The van der Waals surface area contributed by atoms with Gasteiger partial charge in [0.15, 0.2) is 0 Å². The van der Waals surface area contributed by atoms with Crippen molar-refractivity contribution in [3.63, 3.8) is 0 Å². The molecule has 36 heavy (non-hydrogen) atoms. The summed E-state index contributed by atoms with van der Waals surface area (Å²) in [6, 6.07) is 10.7. The summed E-state index contributed by atoms with van der Waals surface area (Å²) in [5, 5.41) is 9.80. The number of likely N-dealkylation sites (N-methyl/N-ethyl adjacent to an activating group) is 1. The largest absolute Gasteiger partial charge is 0.487 e. The van der Waals surface area contributed by atoms with Crippen molar-refractivity contribution in [3.8, 4) is 17.6 Å². The minimum absolute atomic E-state index is 0.0686. The average molecular weight is 518 g/mol. The number of nitrogens with zero attached hydrogens (tertiary/aromatic N) is 3.